The van der Waals surface area contributed by atoms with E-state index in [9.17, 15) is 13.2 Å². The predicted molar refractivity (Wildman–Crippen MR) is 61.7 cm³/mol. The molecule has 0 nitrogen and oxygen atoms in total. The van der Waals surface area contributed by atoms with Gasteiger partial charge >= 0.3 is 6.18 Å². The van der Waals surface area contributed by atoms with Crippen molar-refractivity contribution >= 4 is 16.8 Å². The first-order valence-electron chi connectivity index (χ1n) is 5.34. The second-order valence-electron chi connectivity index (χ2n) is 4.21. The number of halogens is 3. The van der Waals surface area contributed by atoms with Gasteiger partial charge in [-0.1, -0.05) is 36.4 Å². The maximum Gasteiger partial charge on any atom is 0.413 e. The fourth-order valence-corrected chi connectivity index (χ4v) is 2.34. The van der Waals surface area contributed by atoms with Gasteiger partial charge in [0, 0.05) is 12.0 Å². The molecule has 0 N–H and O–H groups in total. The quantitative estimate of drug-likeness (QED) is 0.636. The molecule has 0 atom stereocenters. The third kappa shape index (κ3) is 1.62. The summed E-state index contributed by atoms with van der Waals surface area (Å²) in [6, 6.07) is 10.9. The fourth-order valence-electron chi connectivity index (χ4n) is 2.34. The lowest BCUT2D eigenvalue weighted by Gasteiger charge is -2.19. The average molecular weight is 234 g/mol. The van der Waals surface area contributed by atoms with E-state index in [0.717, 1.165) is 16.3 Å². The molecule has 1 aliphatic carbocycles. The molecular formula is C14H9F3. The average Bonchev–Trinajstić information content (AvgIpc) is 2.28. The highest BCUT2D eigenvalue weighted by Crippen LogP contribution is 2.37. The van der Waals surface area contributed by atoms with Crippen molar-refractivity contribution in [2.24, 2.45) is 0 Å². The molecule has 0 spiro atoms. The van der Waals surface area contributed by atoms with Gasteiger partial charge < -0.3 is 0 Å². The first kappa shape index (κ1) is 10.4. The Kier molecular flexibility index (Phi) is 2.05. The van der Waals surface area contributed by atoms with Gasteiger partial charge in [0.2, 0.25) is 0 Å². The molecule has 3 rings (SSSR count). The van der Waals surface area contributed by atoms with Crippen LogP contribution in [0.1, 0.15) is 11.1 Å². The molecule has 0 saturated heterocycles. The number of benzene rings is 2. The zero-order valence-electron chi connectivity index (χ0n) is 8.88. The van der Waals surface area contributed by atoms with Gasteiger partial charge in [0.1, 0.15) is 0 Å². The molecule has 1 aliphatic rings. The van der Waals surface area contributed by atoms with E-state index in [1.807, 2.05) is 12.1 Å². The molecule has 2 aromatic carbocycles. The van der Waals surface area contributed by atoms with Gasteiger partial charge in [-0.2, -0.15) is 13.2 Å². The lowest BCUT2D eigenvalue weighted by Crippen LogP contribution is -2.16. The number of hydrogen-bond donors (Lipinski definition) is 0. The third-order valence-corrected chi connectivity index (χ3v) is 3.10. The summed E-state index contributed by atoms with van der Waals surface area (Å²) in [6.45, 7) is 0. The largest absolute Gasteiger partial charge is 0.413 e. The summed E-state index contributed by atoms with van der Waals surface area (Å²) < 4.78 is 38.3. The Morgan fingerprint density at radius 3 is 2.35 bits per heavy atom. The Hall–Kier alpha value is -1.77. The van der Waals surface area contributed by atoms with E-state index in [1.54, 1.807) is 24.3 Å². The second-order valence-corrected chi connectivity index (χ2v) is 4.21. The zero-order chi connectivity index (χ0) is 12.0. The number of alkyl halides is 3. The lowest BCUT2D eigenvalue weighted by molar-refractivity contribution is -0.0922. The van der Waals surface area contributed by atoms with Gasteiger partial charge in [0.25, 0.3) is 0 Å². The van der Waals surface area contributed by atoms with Gasteiger partial charge in [-0.3, -0.25) is 0 Å². The molecule has 17 heavy (non-hydrogen) atoms. The van der Waals surface area contributed by atoms with E-state index in [0.29, 0.717) is 5.56 Å². The highest BCUT2D eigenvalue weighted by atomic mass is 19.4. The lowest BCUT2D eigenvalue weighted by atomic mass is 9.89. The van der Waals surface area contributed by atoms with E-state index in [1.165, 1.54) is 6.08 Å². The topological polar surface area (TPSA) is 0 Å². The van der Waals surface area contributed by atoms with Crippen molar-refractivity contribution in [1.29, 1.82) is 0 Å². The van der Waals surface area contributed by atoms with E-state index in [4.69, 9.17) is 0 Å². The van der Waals surface area contributed by atoms with Crippen LogP contribution in [0.2, 0.25) is 0 Å². The van der Waals surface area contributed by atoms with Crippen LogP contribution in [0.4, 0.5) is 13.2 Å². The normalized spacial score (nSPS) is 14.9. The summed E-state index contributed by atoms with van der Waals surface area (Å²) >= 11 is 0. The first-order valence-corrected chi connectivity index (χ1v) is 5.34. The molecule has 0 aromatic heterocycles. The Bertz CT molecular complexity index is 616. The summed E-state index contributed by atoms with van der Waals surface area (Å²) in [5.74, 6) is 0. The maximum absolute atomic E-state index is 12.8. The Balaban J connectivity index is 2.30. The van der Waals surface area contributed by atoms with E-state index >= 15 is 0 Å². The van der Waals surface area contributed by atoms with Crippen molar-refractivity contribution in [2.75, 3.05) is 0 Å². The van der Waals surface area contributed by atoms with Crippen molar-refractivity contribution in [3.63, 3.8) is 0 Å². The minimum absolute atomic E-state index is 0.0299. The van der Waals surface area contributed by atoms with Gasteiger partial charge in [-0.25, -0.2) is 0 Å². The van der Waals surface area contributed by atoms with Gasteiger partial charge in [0.15, 0.2) is 0 Å². The summed E-state index contributed by atoms with van der Waals surface area (Å²) in [5, 5.41) is 1.94. The highest BCUT2D eigenvalue weighted by molar-refractivity contribution is 5.95. The van der Waals surface area contributed by atoms with Crippen LogP contribution in [0, 0.1) is 0 Å². The Morgan fingerprint density at radius 2 is 1.65 bits per heavy atom. The number of rotatable bonds is 0. The molecule has 0 amide bonds. The SMILES string of the molecule is FC(F)(F)C1=Cc2cccc3cccc(c23)C1. The van der Waals surface area contributed by atoms with Crippen LogP contribution in [0.15, 0.2) is 42.0 Å². The second kappa shape index (κ2) is 3.36. The van der Waals surface area contributed by atoms with E-state index < -0.39 is 11.7 Å². The Morgan fingerprint density at radius 1 is 0.941 bits per heavy atom. The number of hydrogen-bond acceptors (Lipinski definition) is 0. The minimum Gasteiger partial charge on any atom is -0.166 e. The van der Waals surface area contributed by atoms with E-state index in [-0.39, 0.29) is 6.42 Å². The highest BCUT2D eigenvalue weighted by Gasteiger charge is 2.35. The van der Waals surface area contributed by atoms with Crippen molar-refractivity contribution in [3.05, 3.63) is 53.1 Å². The molecule has 0 saturated carbocycles. The zero-order valence-corrected chi connectivity index (χ0v) is 8.88. The van der Waals surface area contributed by atoms with Crippen LogP contribution in [-0.4, -0.2) is 6.18 Å². The number of allylic oxidation sites excluding steroid dienone is 1. The molecule has 0 unspecified atom stereocenters. The predicted octanol–water partition coefficient (Wildman–Crippen LogP) is 4.34. The van der Waals surface area contributed by atoms with Crippen LogP contribution in [-0.2, 0) is 6.42 Å². The first-order chi connectivity index (χ1) is 8.05. The summed E-state index contributed by atoms with van der Waals surface area (Å²) in [6.07, 6.45) is -3.01. The van der Waals surface area contributed by atoms with Crippen LogP contribution in [0.25, 0.3) is 16.8 Å². The molecule has 0 heterocycles. The standard InChI is InChI=1S/C14H9F3/c15-14(16,17)12-7-10-5-1-3-9-4-2-6-11(8-12)13(9)10/h1-7H,8H2. The monoisotopic (exact) mass is 234 g/mol. The van der Waals surface area contributed by atoms with Crippen molar-refractivity contribution in [1.82, 2.24) is 0 Å². The van der Waals surface area contributed by atoms with E-state index in [2.05, 4.69) is 0 Å². The molecule has 2 aromatic rings. The van der Waals surface area contributed by atoms with Gasteiger partial charge in [-0.15, -0.1) is 0 Å². The van der Waals surface area contributed by atoms with Crippen LogP contribution in [0.3, 0.4) is 0 Å². The maximum atomic E-state index is 12.8. The molecule has 0 bridgehead atoms. The van der Waals surface area contributed by atoms with Gasteiger partial charge in [-0.05, 0) is 28.0 Å². The molecule has 0 radical (unpaired) electrons. The Labute approximate surface area is 96.4 Å². The van der Waals surface area contributed by atoms with Crippen molar-refractivity contribution in [2.45, 2.75) is 12.6 Å². The molecule has 3 heteroatoms. The minimum atomic E-state index is -4.24. The van der Waals surface area contributed by atoms with Gasteiger partial charge in [0.05, 0.1) is 0 Å². The summed E-state index contributed by atoms with van der Waals surface area (Å²) in [5.41, 5.74) is 0.952. The summed E-state index contributed by atoms with van der Waals surface area (Å²) in [4.78, 5) is 0. The molecule has 0 aliphatic heterocycles. The van der Waals surface area contributed by atoms with Crippen LogP contribution < -0.4 is 0 Å². The molecule has 86 valence electrons. The van der Waals surface area contributed by atoms with Crippen molar-refractivity contribution in [3.8, 4) is 0 Å². The van der Waals surface area contributed by atoms with Crippen LogP contribution >= 0.6 is 0 Å². The smallest absolute Gasteiger partial charge is 0.166 e. The van der Waals surface area contributed by atoms with Crippen LogP contribution in [0.5, 0.6) is 0 Å². The third-order valence-electron chi connectivity index (χ3n) is 3.10. The van der Waals surface area contributed by atoms with Crippen molar-refractivity contribution < 1.29 is 13.2 Å². The molecular weight excluding hydrogens is 225 g/mol. The summed E-state index contributed by atoms with van der Waals surface area (Å²) in [7, 11) is 0. The molecule has 0 fully saturated rings. The fraction of sp³-hybridized carbons (Fsp3) is 0.143.